The van der Waals surface area contributed by atoms with Gasteiger partial charge < -0.3 is 15.1 Å². The fourth-order valence-corrected chi connectivity index (χ4v) is 2.38. The summed E-state index contributed by atoms with van der Waals surface area (Å²) in [6, 6.07) is 5.78. The van der Waals surface area contributed by atoms with Crippen LogP contribution in [0.1, 0.15) is 29.3 Å². The van der Waals surface area contributed by atoms with Crippen LogP contribution in [0.4, 0.5) is 5.69 Å². The summed E-state index contributed by atoms with van der Waals surface area (Å²) in [7, 11) is 0. The molecule has 104 valence electrons. The third-order valence-electron chi connectivity index (χ3n) is 3.52. The number of hydrogen-bond donors (Lipinski definition) is 2. The van der Waals surface area contributed by atoms with Gasteiger partial charge in [0.2, 0.25) is 0 Å². The van der Waals surface area contributed by atoms with E-state index in [0.717, 1.165) is 12.0 Å². The maximum atomic E-state index is 12.6. The Morgan fingerprint density at radius 1 is 1.58 bits per heavy atom. The van der Waals surface area contributed by atoms with Crippen LogP contribution in [0.3, 0.4) is 0 Å². The number of nitrogen functional groups attached to an aromatic ring is 1. The monoisotopic (exact) mass is 263 g/mol. The smallest absolute Gasteiger partial charge is 0.256 e. The first kappa shape index (κ1) is 13.8. The molecule has 1 atom stereocenters. The van der Waals surface area contributed by atoms with Crippen molar-refractivity contribution in [2.75, 3.05) is 25.2 Å². The van der Waals surface area contributed by atoms with Crippen molar-refractivity contribution >= 4 is 11.6 Å². The van der Waals surface area contributed by atoms with E-state index in [4.69, 9.17) is 10.6 Å². The summed E-state index contributed by atoms with van der Waals surface area (Å²) in [5.74, 6) is 5.53. The Balaban J connectivity index is 2.27. The number of carbonyl (C=O) groups is 1. The van der Waals surface area contributed by atoms with Gasteiger partial charge in [-0.2, -0.15) is 0 Å². The van der Waals surface area contributed by atoms with Crippen molar-refractivity contribution < 1.29 is 9.53 Å². The Labute approximate surface area is 113 Å². The highest BCUT2D eigenvalue weighted by molar-refractivity contribution is 5.99. The predicted molar refractivity (Wildman–Crippen MR) is 74.9 cm³/mol. The van der Waals surface area contributed by atoms with Crippen molar-refractivity contribution in [3.8, 4) is 0 Å². The first-order valence-electron chi connectivity index (χ1n) is 6.63. The molecule has 3 N–H and O–H groups in total. The van der Waals surface area contributed by atoms with E-state index in [2.05, 4.69) is 12.3 Å². The highest BCUT2D eigenvalue weighted by atomic mass is 16.5. The molecule has 2 rings (SSSR count). The standard InChI is InChI=1S/C14H21N3O2/c1-3-11-9-19-7-6-17(11)14(18)12-5-4-10(2)8-13(12)16-15/h4-5,8,11,16H,3,6-7,9,15H2,1-2H3. The number of nitrogens with two attached hydrogens (primary N) is 1. The molecule has 0 spiro atoms. The van der Waals surface area contributed by atoms with Crippen molar-refractivity contribution in [2.24, 2.45) is 5.84 Å². The van der Waals surface area contributed by atoms with Gasteiger partial charge in [0.05, 0.1) is 30.5 Å². The fraction of sp³-hybridized carbons (Fsp3) is 0.500. The van der Waals surface area contributed by atoms with Gasteiger partial charge in [0.1, 0.15) is 0 Å². The van der Waals surface area contributed by atoms with E-state index in [1.807, 2.05) is 30.0 Å². The van der Waals surface area contributed by atoms with E-state index in [-0.39, 0.29) is 11.9 Å². The Hall–Kier alpha value is -1.59. The molecular formula is C14H21N3O2. The molecule has 5 heteroatoms. The maximum Gasteiger partial charge on any atom is 0.256 e. The van der Waals surface area contributed by atoms with Crippen LogP contribution in [-0.4, -0.2) is 36.6 Å². The number of morpholine rings is 1. The Morgan fingerprint density at radius 2 is 2.37 bits per heavy atom. The normalized spacial score (nSPS) is 19.3. The molecule has 0 saturated carbocycles. The van der Waals surface area contributed by atoms with Gasteiger partial charge in [-0.25, -0.2) is 0 Å². The number of nitrogens with zero attached hydrogens (tertiary/aromatic N) is 1. The van der Waals surface area contributed by atoms with Crippen molar-refractivity contribution in [3.05, 3.63) is 29.3 Å². The lowest BCUT2D eigenvalue weighted by atomic mass is 10.1. The van der Waals surface area contributed by atoms with Crippen LogP contribution in [-0.2, 0) is 4.74 Å². The number of amides is 1. The number of nitrogens with one attached hydrogen (secondary N) is 1. The fourth-order valence-electron chi connectivity index (χ4n) is 2.38. The molecule has 1 aromatic carbocycles. The van der Waals surface area contributed by atoms with E-state index in [9.17, 15) is 4.79 Å². The van der Waals surface area contributed by atoms with Crippen molar-refractivity contribution in [3.63, 3.8) is 0 Å². The molecule has 1 aliphatic heterocycles. The van der Waals surface area contributed by atoms with Crippen LogP contribution in [0.2, 0.25) is 0 Å². The zero-order valence-electron chi connectivity index (χ0n) is 11.5. The highest BCUT2D eigenvalue weighted by Gasteiger charge is 2.27. The van der Waals surface area contributed by atoms with E-state index in [0.29, 0.717) is 31.0 Å². The zero-order chi connectivity index (χ0) is 13.8. The number of hydrazine groups is 1. The molecule has 1 saturated heterocycles. The molecular weight excluding hydrogens is 242 g/mol. The van der Waals surface area contributed by atoms with Crippen LogP contribution in [0.25, 0.3) is 0 Å². The molecule has 1 fully saturated rings. The minimum Gasteiger partial charge on any atom is -0.377 e. The third-order valence-corrected chi connectivity index (χ3v) is 3.52. The summed E-state index contributed by atoms with van der Waals surface area (Å²) in [4.78, 5) is 14.5. The average Bonchev–Trinajstić information content (AvgIpc) is 2.46. The van der Waals surface area contributed by atoms with E-state index < -0.39 is 0 Å². The molecule has 1 heterocycles. The molecule has 1 aliphatic rings. The van der Waals surface area contributed by atoms with Gasteiger partial charge in [-0.15, -0.1) is 0 Å². The molecule has 0 aliphatic carbocycles. The minimum atomic E-state index is 0.0168. The lowest BCUT2D eigenvalue weighted by molar-refractivity contribution is -0.00274. The molecule has 1 aromatic rings. The van der Waals surface area contributed by atoms with E-state index in [1.54, 1.807) is 0 Å². The minimum absolute atomic E-state index is 0.0168. The van der Waals surface area contributed by atoms with Gasteiger partial charge in [0, 0.05) is 6.54 Å². The van der Waals surface area contributed by atoms with E-state index >= 15 is 0 Å². The molecule has 5 nitrogen and oxygen atoms in total. The summed E-state index contributed by atoms with van der Waals surface area (Å²) in [6.45, 7) is 5.88. The molecule has 0 bridgehead atoms. The summed E-state index contributed by atoms with van der Waals surface area (Å²) in [5.41, 5.74) is 4.97. The summed E-state index contributed by atoms with van der Waals surface area (Å²) in [6.07, 6.45) is 0.892. The summed E-state index contributed by atoms with van der Waals surface area (Å²) in [5, 5.41) is 0. The largest absolute Gasteiger partial charge is 0.377 e. The van der Waals surface area contributed by atoms with E-state index in [1.165, 1.54) is 0 Å². The quantitative estimate of drug-likeness (QED) is 0.641. The number of ether oxygens (including phenoxy) is 1. The second kappa shape index (κ2) is 6.04. The third kappa shape index (κ3) is 2.88. The summed E-state index contributed by atoms with van der Waals surface area (Å²) < 4.78 is 5.43. The maximum absolute atomic E-state index is 12.6. The summed E-state index contributed by atoms with van der Waals surface area (Å²) >= 11 is 0. The first-order valence-corrected chi connectivity index (χ1v) is 6.63. The predicted octanol–water partition coefficient (Wildman–Crippen LogP) is 1.53. The van der Waals surface area contributed by atoms with Crippen LogP contribution in [0, 0.1) is 6.92 Å². The van der Waals surface area contributed by atoms with Crippen molar-refractivity contribution in [1.29, 1.82) is 0 Å². The molecule has 19 heavy (non-hydrogen) atoms. The highest BCUT2D eigenvalue weighted by Crippen LogP contribution is 2.21. The Kier molecular flexibility index (Phi) is 4.39. The van der Waals surface area contributed by atoms with Gasteiger partial charge in [0.25, 0.3) is 5.91 Å². The number of hydrogen-bond acceptors (Lipinski definition) is 4. The topological polar surface area (TPSA) is 67.6 Å². The number of benzene rings is 1. The van der Waals surface area contributed by atoms with Crippen LogP contribution < -0.4 is 11.3 Å². The number of rotatable bonds is 3. The molecule has 0 radical (unpaired) electrons. The number of aryl methyl sites for hydroxylation is 1. The van der Waals surface area contributed by atoms with Crippen molar-refractivity contribution in [2.45, 2.75) is 26.3 Å². The van der Waals surface area contributed by atoms with Gasteiger partial charge in [-0.1, -0.05) is 13.0 Å². The van der Waals surface area contributed by atoms with Crippen molar-refractivity contribution in [1.82, 2.24) is 4.90 Å². The van der Waals surface area contributed by atoms with Gasteiger partial charge in [-0.3, -0.25) is 10.6 Å². The van der Waals surface area contributed by atoms with Gasteiger partial charge in [0.15, 0.2) is 0 Å². The Bertz CT molecular complexity index is 462. The lowest BCUT2D eigenvalue weighted by Crippen LogP contribution is -2.48. The number of anilines is 1. The first-order chi connectivity index (χ1) is 9.17. The molecule has 1 amide bonds. The Morgan fingerprint density at radius 3 is 3.05 bits per heavy atom. The van der Waals surface area contributed by atoms with Crippen LogP contribution in [0.5, 0.6) is 0 Å². The second-order valence-electron chi connectivity index (χ2n) is 4.83. The second-order valence-corrected chi connectivity index (χ2v) is 4.83. The molecule has 1 unspecified atom stereocenters. The zero-order valence-corrected chi connectivity index (χ0v) is 11.5. The van der Waals surface area contributed by atoms with Crippen LogP contribution >= 0.6 is 0 Å². The number of carbonyl (C=O) groups excluding carboxylic acids is 1. The van der Waals surface area contributed by atoms with Gasteiger partial charge in [-0.05, 0) is 31.0 Å². The molecule has 0 aromatic heterocycles. The lowest BCUT2D eigenvalue weighted by Gasteiger charge is -2.35. The SMILES string of the molecule is CCC1COCCN1C(=O)c1ccc(C)cc1NN. The van der Waals surface area contributed by atoms with Crippen LogP contribution in [0.15, 0.2) is 18.2 Å². The average molecular weight is 263 g/mol. The van der Waals surface area contributed by atoms with Gasteiger partial charge >= 0.3 is 0 Å².